The third-order valence-corrected chi connectivity index (χ3v) is 2.59. The average Bonchev–Trinajstić information content (AvgIpc) is 2.23. The lowest BCUT2D eigenvalue weighted by molar-refractivity contribution is 0.0235. The summed E-state index contributed by atoms with van der Waals surface area (Å²) in [7, 11) is 0. The Morgan fingerprint density at radius 3 is 2.62 bits per heavy atom. The Balaban J connectivity index is 2.55. The fourth-order valence-corrected chi connectivity index (χ4v) is 1.92. The molecule has 0 spiro atoms. The average molecular weight is 229 g/mol. The van der Waals surface area contributed by atoms with Crippen molar-refractivity contribution in [2.24, 2.45) is 5.92 Å². The molecule has 1 rings (SSSR count). The largest absolute Gasteiger partial charge is 0.444 e. The Labute approximate surface area is 97.6 Å². The third-order valence-electron chi connectivity index (χ3n) is 2.59. The molecule has 0 radical (unpaired) electrons. The highest BCUT2D eigenvalue weighted by Crippen LogP contribution is 2.18. The molecule has 94 valence electrons. The molecule has 1 amide bonds. The first-order chi connectivity index (χ1) is 7.28. The maximum absolute atomic E-state index is 11.8. The van der Waals surface area contributed by atoms with Gasteiger partial charge in [0.15, 0.2) is 0 Å². The van der Waals surface area contributed by atoms with E-state index in [1.165, 1.54) is 0 Å². The van der Waals surface area contributed by atoms with Gasteiger partial charge in [0.1, 0.15) is 5.60 Å². The van der Waals surface area contributed by atoms with E-state index in [9.17, 15) is 9.90 Å². The maximum Gasteiger partial charge on any atom is 0.410 e. The van der Waals surface area contributed by atoms with E-state index in [-0.39, 0.29) is 12.2 Å². The molecule has 16 heavy (non-hydrogen) atoms. The first-order valence-corrected chi connectivity index (χ1v) is 5.94. The smallest absolute Gasteiger partial charge is 0.410 e. The molecule has 2 atom stereocenters. The standard InChI is InChI=1S/C12H23NO3/c1-9-7-10(14)5-6-13(8-9)11(15)16-12(2,3)4/h9-10,14H,5-8H2,1-4H3. The molecule has 2 unspecified atom stereocenters. The second-order valence-electron chi connectivity index (χ2n) is 5.71. The summed E-state index contributed by atoms with van der Waals surface area (Å²) in [6.07, 6.45) is 0.846. The number of carbonyl (C=O) groups is 1. The molecule has 1 aliphatic rings. The number of aliphatic hydroxyl groups excluding tert-OH is 1. The molecule has 0 bridgehead atoms. The van der Waals surface area contributed by atoms with Crippen LogP contribution in [0, 0.1) is 5.92 Å². The van der Waals surface area contributed by atoms with Crippen molar-refractivity contribution in [1.29, 1.82) is 0 Å². The number of nitrogens with zero attached hydrogens (tertiary/aromatic N) is 1. The van der Waals surface area contributed by atoms with Gasteiger partial charge in [0.25, 0.3) is 0 Å². The van der Waals surface area contributed by atoms with E-state index in [1.807, 2.05) is 27.7 Å². The SMILES string of the molecule is CC1CC(O)CCN(C(=O)OC(C)(C)C)C1. The number of hydrogen-bond donors (Lipinski definition) is 1. The first-order valence-electron chi connectivity index (χ1n) is 5.94. The summed E-state index contributed by atoms with van der Waals surface area (Å²) in [6.45, 7) is 8.89. The van der Waals surface area contributed by atoms with Crippen LogP contribution in [0.25, 0.3) is 0 Å². The van der Waals surface area contributed by atoms with Crippen LogP contribution in [0.2, 0.25) is 0 Å². The minimum Gasteiger partial charge on any atom is -0.444 e. The van der Waals surface area contributed by atoms with Gasteiger partial charge in [-0.1, -0.05) is 6.92 Å². The summed E-state index contributed by atoms with van der Waals surface area (Å²) in [5, 5.41) is 9.61. The molecule has 0 saturated carbocycles. The molecule has 1 saturated heterocycles. The molecule has 1 aliphatic heterocycles. The van der Waals surface area contributed by atoms with Crippen molar-refractivity contribution in [1.82, 2.24) is 4.90 Å². The van der Waals surface area contributed by atoms with Gasteiger partial charge in [0, 0.05) is 13.1 Å². The number of ether oxygens (including phenoxy) is 1. The molecular formula is C12H23NO3. The summed E-state index contributed by atoms with van der Waals surface area (Å²) in [5.74, 6) is 0.324. The Morgan fingerprint density at radius 1 is 1.44 bits per heavy atom. The Morgan fingerprint density at radius 2 is 2.06 bits per heavy atom. The summed E-state index contributed by atoms with van der Waals surface area (Å²) >= 11 is 0. The van der Waals surface area contributed by atoms with Crippen molar-refractivity contribution >= 4 is 6.09 Å². The van der Waals surface area contributed by atoms with Gasteiger partial charge in [0.05, 0.1) is 6.10 Å². The van der Waals surface area contributed by atoms with E-state index in [1.54, 1.807) is 4.90 Å². The number of carbonyl (C=O) groups excluding carboxylic acids is 1. The van der Waals surface area contributed by atoms with Crippen molar-refractivity contribution in [2.45, 2.75) is 52.2 Å². The summed E-state index contributed by atoms with van der Waals surface area (Å²) in [6, 6.07) is 0. The zero-order chi connectivity index (χ0) is 12.3. The Hall–Kier alpha value is -0.770. The predicted molar refractivity (Wildman–Crippen MR) is 62.2 cm³/mol. The van der Waals surface area contributed by atoms with Gasteiger partial charge < -0.3 is 14.7 Å². The topological polar surface area (TPSA) is 49.8 Å². The van der Waals surface area contributed by atoms with Gasteiger partial charge in [0.2, 0.25) is 0 Å². The molecule has 0 aromatic heterocycles. The van der Waals surface area contributed by atoms with Crippen LogP contribution >= 0.6 is 0 Å². The summed E-state index contributed by atoms with van der Waals surface area (Å²) in [4.78, 5) is 13.5. The number of rotatable bonds is 0. The summed E-state index contributed by atoms with van der Waals surface area (Å²) in [5.41, 5.74) is -0.453. The van der Waals surface area contributed by atoms with Crippen molar-refractivity contribution in [2.75, 3.05) is 13.1 Å². The lowest BCUT2D eigenvalue weighted by Gasteiger charge is -2.27. The minimum absolute atomic E-state index is 0.270. The van der Waals surface area contributed by atoms with Gasteiger partial charge in [-0.15, -0.1) is 0 Å². The van der Waals surface area contributed by atoms with E-state index >= 15 is 0 Å². The minimum atomic E-state index is -0.453. The number of aliphatic hydroxyl groups is 1. The number of likely N-dealkylation sites (tertiary alicyclic amines) is 1. The monoisotopic (exact) mass is 229 g/mol. The maximum atomic E-state index is 11.8. The predicted octanol–water partition coefficient (Wildman–Crippen LogP) is 2.01. The Bertz CT molecular complexity index is 247. The molecule has 1 fully saturated rings. The number of hydrogen-bond acceptors (Lipinski definition) is 3. The van der Waals surface area contributed by atoms with Crippen LogP contribution in [-0.4, -0.2) is 40.9 Å². The van der Waals surface area contributed by atoms with E-state index in [4.69, 9.17) is 4.74 Å². The highest BCUT2D eigenvalue weighted by Gasteiger charge is 2.27. The molecular weight excluding hydrogens is 206 g/mol. The van der Waals surface area contributed by atoms with E-state index in [0.717, 1.165) is 6.42 Å². The number of amides is 1. The normalized spacial score (nSPS) is 27.4. The van der Waals surface area contributed by atoms with Crippen molar-refractivity contribution in [3.63, 3.8) is 0 Å². The molecule has 4 nitrogen and oxygen atoms in total. The third kappa shape index (κ3) is 4.39. The zero-order valence-electron chi connectivity index (χ0n) is 10.7. The van der Waals surface area contributed by atoms with Gasteiger partial charge in [-0.25, -0.2) is 4.79 Å². The van der Waals surface area contributed by atoms with Crippen molar-refractivity contribution < 1.29 is 14.6 Å². The van der Waals surface area contributed by atoms with Gasteiger partial charge in [-0.2, -0.15) is 0 Å². The molecule has 1 N–H and O–H groups in total. The lowest BCUT2D eigenvalue weighted by Crippen LogP contribution is -2.38. The summed E-state index contributed by atoms with van der Waals surface area (Å²) < 4.78 is 5.32. The van der Waals surface area contributed by atoms with Crippen LogP contribution in [-0.2, 0) is 4.74 Å². The Kier molecular flexibility index (Phi) is 4.19. The van der Waals surface area contributed by atoms with Gasteiger partial charge in [-0.05, 0) is 39.5 Å². The van der Waals surface area contributed by atoms with Crippen LogP contribution in [0.3, 0.4) is 0 Å². The molecule has 0 aliphatic carbocycles. The highest BCUT2D eigenvalue weighted by molar-refractivity contribution is 5.68. The second kappa shape index (κ2) is 5.04. The molecule has 4 heteroatoms. The van der Waals surface area contributed by atoms with E-state index < -0.39 is 5.60 Å². The van der Waals surface area contributed by atoms with Crippen LogP contribution in [0.5, 0.6) is 0 Å². The van der Waals surface area contributed by atoms with Crippen LogP contribution in [0.15, 0.2) is 0 Å². The fourth-order valence-electron chi connectivity index (χ4n) is 1.92. The molecule has 0 aromatic carbocycles. The van der Waals surface area contributed by atoms with Gasteiger partial charge in [-0.3, -0.25) is 0 Å². The van der Waals surface area contributed by atoms with E-state index in [0.29, 0.717) is 25.4 Å². The van der Waals surface area contributed by atoms with Crippen molar-refractivity contribution in [3.05, 3.63) is 0 Å². The first kappa shape index (κ1) is 13.3. The quantitative estimate of drug-likeness (QED) is 0.691. The second-order valence-corrected chi connectivity index (χ2v) is 5.71. The molecule has 1 heterocycles. The van der Waals surface area contributed by atoms with Crippen LogP contribution < -0.4 is 0 Å². The highest BCUT2D eigenvalue weighted by atomic mass is 16.6. The van der Waals surface area contributed by atoms with Crippen molar-refractivity contribution in [3.8, 4) is 0 Å². The fraction of sp³-hybridized carbons (Fsp3) is 0.917. The van der Waals surface area contributed by atoms with Gasteiger partial charge >= 0.3 is 6.09 Å². The molecule has 0 aromatic rings. The van der Waals surface area contributed by atoms with E-state index in [2.05, 4.69) is 0 Å². The van der Waals surface area contributed by atoms with Crippen LogP contribution in [0.4, 0.5) is 4.79 Å². The zero-order valence-corrected chi connectivity index (χ0v) is 10.7. The van der Waals surface area contributed by atoms with Crippen LogP contribution in [0.1, 0.15) is 40.5 Å². The lowest BCUT2D eigenvalue weighted by atomic mass is 10.0.